The topological polar surface area (TPSA) is 87.2 Å². The zero-order valence-corrected chi connectivity index (χ0v) is 15.7. The van der Waals surface area contributed by atoms with Crippen molar-refractivity contribution >= 4 is 16.5 Å². The molecular weight excluding hydrogens is 344 g/mol. The van der Waals surface area contributed by atoms with Gasteiger partial charge in [0, 0.05) is 19.6 Å². The van der Waals surface area contributed by atoms with Crippen LogP contribution in [0.25, 0.3) is 0 Å². The van der Waals surface area contributed by atoms with E-state index in [-0.39, 0.29) is 18.8 Å². The molecule has 0 aliphatic carbocycles. The fourth-order valence-corrected chi connectivity index (χ4v) is 3.73. The van der Waals surface area contributed by atoms with E-state index in [1.54, 1.807) is 7.05 Å². The molecule has 1 aromatic rings. The molecule has 1 N–H and O–H groups in total. The second-order valence-corrected chi connectivity index (χ2v) is 8.19. The summed E-state index contributed by atoms with van der Waals surface area (Å²) >= 11 is 0. The molecular formula is C17H28N2O5S. The van der Waals surface area contributed by atoms with Gasteiger partial charge in [-0.05, 0) is 38.6 Å². The highest BCUT2D eigenvalue weighted by atomic mass is 32.2. The Balaban J connectivity index is 0.000000970. The predicted octanol–water partition coefficient (Wildman–Crippen LogP) is 1.51. The number of carbonyl (C=O) groups is 1. The van der Waals surface area contributed by atoms with Gasteiger partial charge in [0.1, 0.15) is 12.4 Å². The summed E-state index contributed by atoms with van der Waals surface area (Å²) in [6.07, 6.45) is 3.45. The minimum atomic E-state index is -3.27. The van der Waals surface area contributed by atoms with Crippen LogP contribution in [0.2, 0.25) is 0 Å². The number of piperidine rings is 1. The summed E-state index contributed by atoms with van der Waals surface area (Å²) in [7, 11) is 0.468. The van der Waals surface area contributed by atoms with Gasteiger partial charge in [-0.1, -0.05) is 24.6 Å². The maximum Gasteiger partial charge on any atom is 0.290 e. The maximum absolute atomic E-state index is 12.3. The molecule has 7 nitrogen and oxygen atoms in total. The van der Waals surface area contributed by atoms with E-state index >= 15 is 0 Å². The van der Waals surface area contributed by atoms with E-state index < -0.39 is 10.0 Å². The summed E-state index contributed by atoms with van der Waals surface area (Å²) < 4.78 is 31.6. The van der Waals surface area contributed by atoms with Crippen LogP contribution >= 0.6 is 0 Å². The second-order valence-electron chi connectivity index (χ2n) is 5.99. The Morgan fingerprint density at radius 3 is 2.56 bits per heavy atom. The molecule has 0 saturated carbocycles. The molecule has 1 aromatic carbocycles. The number of hydrogen-bond donors (Lipinski definition) is 1. The van der Waals surface area contributed by atoms with Crippen molar-refractivity contribution < 1.29 is 23.1 Å². The Kier molecular flexibility index (Phi) is 9.48. The molecule has 1 atom stereocenters. The van der Waals surface area contributed by atoms with Gasteiger partial charge in [0.2, 0.25) is 10.0 Å². The van der Waals surface area contributed by atoms with Gasteiger partial charge in [0.05, 0.1) is 5.75 Å². The Labute approximate surface area is 150 Å². The van der Waals surface area contributed by atoms with Gasteiger partial charge in [0.15, 0.2) is 0 Å². The standard InChI is InChI=1S/C16H26N2O3S.CH2O2/c1-17-11-7-6-8-15(17)14-18(2)22(19,20)13-12-21-16-9-4-3-5-10-16;2-1-3/h3-5,9-10,15H,6-8,11-14H2,1-2H3;1H,(H,2,3). The predicted molar refractivity (Wildman–Crippen MR) is 97.3 cm³/mol. The number of carboxylic acid groups (broad SMARTS) is 1. The van der Waals surface area contributed by atoms with E-state index in [2.05, 4.69) is 11.9 Å². The molecule has 0 amide bonds. The van der Waals surface area contributed by atoms with Gasteiger partial charge >= 0.3 is 0 Å². The summed E-state index contributed by atoms with van der Waals surface area (Å²) in [6, 6.07) is 9.62. The van der Waals surface area contributed by atoms with Crippen molar-refractivity contribution in [2.45, 2.75) is 25.3 Å². The summed E-state index contributed by atoms with van der Waals surface area (Å²) in [5.41, 5.74) is 0. The number of ether oxygens (including phenoxy) is 1. The minimum absolute atomic E-state index is 0.00876. The average Bonchev–Trinajstić information content (AvgIpc) is 2.58. The van der Waals surface area contributed by atoms with Crippen LogP contribution in [0.15, 0.2) is 30.3 Å². The first-order valence-corrected chi connectivity index (χ1v) is 9.91. The number of likely N-dealkylation sites (tertiary alicyclic amines) is 1. The Hall–Kier alpha value is -1.64. The molecule has 1 aliphatic rings. The van der Waals surface area contributed by atoms with E-state index in [1.165, 1.54) is 17.1 Å². The van der Waals surface area contributed by atoms with Gasteiger partial charge in [0.25, 0.3) is 6.47 Å². The van der Waals surface area contributed by atoms with Gasteiger partial charge < -0.3 is 14.7 Å². The summed E-state index contributed by atoms with van der Waals surface area (Å²) in [4.78, 5) is 10.6. The Morgan fingerprint density at radius 2 is 1.96 bits per heavy atom. The smallest absolute Gasteiger partial charge is 0.290 e. The van der Waals surface area contributed by atoms with E-state index in [0.29, 0.717) is 18.3 Å². The van der Waals surface area contributed by atoms with Crippen LogP contribution in [0.3, 0.4) is 0 Å². The second kappa shape index (κ2) is 11.1. The number of benzene rings is 1. The first-order chi connectivity index (χ1) is 11.9. The highest BCUT2D eigenvalue weighted by Crippen LogP contribution is 2.17. The lowest BCUT2D eigenvalue weighted by Crippen LogP contribution is -2.46. The third-order valence-corrected chi connectivity index (χ3v) is 6.00. The Morgan fingerprint density at radius 1 is 1.32 bits per heavy atom. The van der Waals surface area contributed by atoms with Crippen molar-refractivity contribution in [1.82, 2.24) is 9.21 Å². The first-order valence-electron chi connectivity index (χ1n) is 8.30. The highest BCUT2D eigenvalue weighted by Gasteiger charge is 2.25. The molecule has 25 heavy (non-hydrogen) atoms. The number of para-hydroxylation sites is 1. The molecule has 8 heteroatoms. The van der Waals surface area contributed by atoms with E-state index in [4.69, 9.17) is 14.6 Å². The van der Waals surface area contributed by atoms with Crippen LogP contribution in [0.1, 0.15) is 19.3 Å². The molecule has 0 radical (unpaired) electrons. The van der Waals surface area contributed by atoms with Crippen LogP contribution < -0.4 is 4.74 Å². The van der Waals surface area contributed by atoms with Crippen molar-refractivity contribution in [3.8, 4) is 5.75 Å². The Bertz CT molecular complexity index is 594. The van der Waals surface area contributed by atoms with Crippen LogP contribution in [-0.4, -0.2) is 74.8 Å². The normalized spacial score (nSPS) is 18.3. The van der Waals surface area contributed by atoms with Crippen LogP contribution in [0, 0.1) is 0 Å². The van der Waals surface area contributed by atoms with Crippen LogP contribution in [-0.2, 0) is 14.8 Å². The molecule has 0 bridgehead atoms. The number of hydrogen-bond acceptors (Lipinski definition) is 5. The molecule has 0 aromatic heterocycles. The van der Waals surface area contributed by atoms with Gasteiger partial charge in [-0.15, -0.1) is 0 Å². The van der Waals surface area contributed by atoms with Crippen molar-refractivity contribution in [3.05, 3.63) is 30.3 Å². The van der Waals surface area contributed by atoms with Crippen LogP contribution in [0.5, 0.6) is 5.75 Å². The fraction of sp³-hybridized carbons (Fsp3) is 0.588. The molecule has 1 fully saturated rings. The number of sulfonamides is 1. The van der Waals surface area contributed by atoms with Crippen molar-refractivity contribution in [1.29, 1.82) is 0 Å². The maximum atomic E-state index is 12.3. The quantitative estimate of drug-likeness (QED) is 0.730. The van der Waals surface area contributed by atoms with Gasteiger partial charge in [-0.25, -0.2) is 12.7 Å². The number of rotatable bonds is 7. The molecule has 1 heterocycles. The van der Waals surface area contributed by atoms with Gasteiger partial charge in [-0.2, -0.15) is 0 Å². The fourth-order valence-electron chi connectivity index (χ4n) is 2.72. The zero-order valence-electron chi connectivity index (χ0n) is 14.9. The van der Waals surface area contributed by atoms with Gasteiger partial charge in [-0.3, -0.25) is 4.79 Å². The summed E-state index contributed by atoms with van der Waals surface area (Å²) in [5, 5.41) is 6.89. The molecule has 142 valence electrons. The molecule has 1 aliphatic heterocycles. The van der Waals surface area contributed by atoms with Crippen molar-refractivity contribution in [3.63, 3.8) is 0 Å². The minimum Gasteiger partial charge on any atom is -0.492 e. The van der Waals surface area contributed by atoms with E-state index in [1.807, 2.05) is 30.3 Å². The molecule has 0 spiro atoms. The summed E-state index contributed by atoms with van der Waals surface area (Å²) in [5.74, 6) is 0.710. The SMILES string of the molecule is CN1CCCCC1CN(C)S(=O)(=O)CCOc1ccccc1.O=CO. The third kappa shape index (κ3) is 7.85. The molecule has 1 saturated heterocycles. The monoisotopic (exact) mass is 372 g/mol. The van der Waals surface area contributed by atoms with E-state index in [0.717, 1.165) is 13.0 Å². The lowest BCUT2D eigenvalue weighted by atomic mass is 10.0. The van der Waals surface area contributed by atoms with Crippen molar-refractivity contribution in [2.75, 3.05) is 39.5 Å². The third-order valence-electron chi connectivity index (χ3n) is 4.22. The molecule has 1 unspecified atom stereocenters. The summed E-state index contributed by atoms with van der Waals surface area (Å²) in [6.45, 7) is 1.54. The van der Waals surface area contributed by atoms with Crippen LogP contribution in [0.4, 0.5) is 0 Å². The van der Waals surface area contributed by atoms with E-state index in [9.17, 15) is 8.42 Å². The van der Waals surface area contributed by atoms with Crippen molar-refractivity contribution in [2.24, 2.45) is 0 Å². The zero-order chi connectivity index (χ0) is 18.7. The lowest BCUT2D eigenvalue weighted by Gasteiger charge is -2.34. The average molecular weight is 372 g/mol. The molecule has 2 rings (SSSR count). The highest BCUT2D eigenvalue weighted by molar-refractivity contribution is 7.89. The first kappa shape index (κ1) is 21.4. The largest absolute Gasteiger partial charge is 0.492 e. The number of likely N-dealkylation sites (N-methyl/N-ethyl adjacent to an activating group) is 2. The number of nitrogens with zero attached hydrogens (tertiary/aromatic N) is 2. The lowest BCUT2D eigenvalue weighted by molar-refractivity contribution is -0.122.